The highest BCUT2D eigenvalue weighted by Crippen LogP contribution is 2.40. The third kappa shape index (κ3) is 8.85. The van der Waals surface area contributed by atoms with Gasteiger partial charge in [-0.15, -0.1) is 0 Å². The van der Waals surface area contributed by atoms with Crippen molar-refractivity contribution in [2.45, 2.75) is 65.5 Å². The molecule has 12 nitrogen and oxygen atoms in total. The molecule has 230 valence electrons. The topological polar surface area (TPSA) is 193 Å². The van der Waals surface area contributed by atoms with E-state index in [-0.39, 0.29) is 40.4 Å². The van der Waals surface area contributed by atoms with Gasteiger partial charge in [0.2, 0.25) is 0 Å². The van der Waals surface area contributed by atoms with Crippen LogP contribution in [-0.4, -0.2) is 66.8 Å². The number of hydrogen-bond acceptors (Lipinski definition) is 10. The summed E-state index contributed by atoms with van der Waals surface area (Å²) in [5.41, 5.74) is 12.9. The van der Waals surface area contributed by atoms with Gasteiger partial charge in [0.05, 0.1) is 17.5 Å². The first-order valence-corrected chi connectivity index (χ1v) is 13.2. The van der Waals surface area contributed by atoms with Crippen LogP contribution in [0.3, 0.4) is 0 Å². The van der Waals surface area contributed by atoms with Crippen LogP contribution >= 0.6 is 0 Å². The van der Waals surface area contributed by atoms with Crippen molar-refractivity contribution in [3.8, 4) is 11.5 Å². The Kier molecular flexibility index (Phi) is 12.2. The summed E-state index contributed by atoms with van der Waals surface area (Å²) in [6.07, 6.45) is 3.99. The lowest BCUT2D eigenvalue weighted by molar-refractivity contribution is -0.156. The number of ether oxygens (including phenoxy) is 4. The number of hydrogen-bond donors (Lipinski definition) is 5. The second-order valence-corrected chi connectivity index (χ2v) is 10.2. The van der Waals surface area contributed by atoms with Crippen LogP contribution in [-0.2, 0) is 28.5 Å². The fourth-order valence-corrected chi connectivity index (χ4v) is 4.66. The van der Waals surface area contributed by atoms with Crippen molar-refractivity contribution in [3.63, 3.8) is 0 Å². The number of phenolic OH excluding ortho intramolecular Hbond substituents is 2. The third-order valence-electron chi connectivity index (χ3n) is 6.80. The molecule has 0 saturated carbocycles. The molecule has 42 heavy (non-hydrogen) atoms. The summed E-state index contributed by atoms with van der Waals surface area (Å²) in [7, 11) is 2.90. The van der Waals surface area contributed by atoms with Crippen LogP contribution in [0.5, 0.6) is 11.5 Å². The number of aromatic hydroxyl groups is 2. The van der Waals surface area contributed by atoms with E-state index >= 15 is 0 Å². The number of methoxy groups -OCH3 is 2. The Hall–Kier alpha value is -4.29. The molecule has 0 fully saturated rings. The molecule has 0 unspecified atom stereocenters. The molecule has 0 spiro atoms. The van der Waals surface area contributed by atoms with E-state index in [0.717, 1.165) is 6.07 Å². The van der Waals surface area contributed by atoms with Gasteiger partial charge in [-0.1, -0.05) is 36.8 Å². The maximum Gasteiger partial charge on any atom is 0.405 e. The number of rotatable bonds is 4. The fraction of sp³-hybridized carbons (Fsp3) is 0.433. The predicted octanol–water partition coefficient (Wildman–Crippen LogP) is 3.94. The Morgan fingerprint density at radius 2 is 1.76 bits per heavy atom. The Bertz CT molecular complexity index is 1300. The number of nitrogens with two attached hydrogens (primary N) is 2. The van der Waals surface area contributed by atoms with E-state index in [4.69, 9.17) is 30.4 Å². The van der Waals surface area contributed by atoms with Gasteiger partial charge in [0.15, 0.2) is 6.10 Å². The fourth-order valence-electron chi connectivity index (χ4n) is 4.66. The number of primary amides is 1. The highest BCUT2D eigenvalue weighted by atomic mass is 16.6. The summed E-state index contributed by atoms with van der Waals surface area (Å²) < 4.78 is 22.4. The number of benzene rings is 1. The molecule has 2 bridgehead atoms. The minimum absolute atomic E-state index is 0.0559. The lowest BCUT2D eigenvalue weighted by Crippen LogP contribution is -2.38. The summed E-state index contributed by atoms with van der Waals surface area (Å²) in [5.74, 6) is -2.21. The number of phenols is 2. The van der Waals surface area contributed by atoms with Crippen molar-refractivity contribution < 1.29 is 43.5 Å². The van der Waals surface area contributed by atoms with Gasteiger partial charge < -0.3 is 45.9 Å². The van der Waals surface area contributed by atoms with Gasteiger partial charge in [-0.2, -0.15) is 0 Å². The lowest BCUT2D eigenvalue weighted by Gasteiger charge is -2.31. The molecule has 1 aliphatic heterocycles. The van der Waals surface area contributed by atoms with E-state index in [9.17, 15) is 24.6 Å². The van der Waals surface area contributed by atoms with Crippen molar-refractivity contribution in [2.24, 2.45) is 11.7 Å². The second kappa shape index (κ2) is 15.1. The van der Waals surface area contributed by atoms with Crippen LogP contribution in [0.2, 0.25) is 0 Å². The van der Waals surface area contributed by atoms with Gasteiger partial charge in [0, 0.05) is 44.3 Å². The van der Waals surface area contributed by atoms with Crippen molar-refractivity contribution in [1.82, 2.24) is 0 Å². The van der Waals surface area contributed by atoms with Crippen LogP contribution in [0.25, 0.3) is 6.08 Å². The molecule has 1 aromatic carbocycles. The SMILES string of the molecule is CO[C@H]1/C=C\C=C(/C)C(=O)Nc2cc(O)c(N)c(c2O)/C=C(/C)C[C@H](OC)[C@H](OC(C)=O)[C@@H](C)C=C(C)[C@@H]1OC(N)=O. The molecule has 0 saturated heterocycles. The maximum absolute atomic E-state index is 12.9. The second-order valence-electron chi connectivity index (χ2n) is 10.2. The van der Waals surface area contributed by atoms with Gasteiger partial charge in [-0.25, -0.2) is 4.79 Å². The van der Waals surface area contributed by atoms with Crippen LogP contribution in [0.1, 0.15) is 46.6 Å². The van der Waals surface area contributed by atoms with Gasteiger partial charge in [-0.3, -0.25) is 9.59 Å². The lowest BCUT2D eigenvalue weighted by atomic mass is 9.91. The van der Waals surface area contributed by atoms with Crippen molar-refractivity contribution in [3.05, 3.63) is 52.7 Å². The van der Waals surface area contributed by atoms with Crippen molar-refractivity contribution >= 4 is 35.4 Å². The number of carbonyl (C=O) groups excluding carboxylic acids is 3. The van der Waals surface area contributed by atoms with Crippen LogP contribution in [0.4, 0.5) is 16.2 Å². The molecule has 12 heteroatoms. The molecule has 1 aromatic rings. The third-order valence-corrected chi connectivity index (χ3v) is 6.80. The number of amides is 2. The standard InChI is InChI=1S/C30H41N3O9/c1-15-11-20-25(31)22(35)14-21(26(20)36)33-29(37)16(2)9-8-10-23(39-6)27(42-30(32)38)17(3)13-18(4)28(41-19(5)34)24(12-15)40-7/h8-11,13-14,18,23-24,27-28,35-36H,12,31H2,1-7H3,(H2,32,38)(H,33,37)/b10-8-,15-11-,16-9+,17-13?/t18-,23-,24-,27-,28+/m0/s1. The summed E-state index contributed by atoms with van der Waals surface area (Å²) in [5, 5.41) is 24.0. The van der Waals surface area contributed by atoms with Crippen LogP contribution < -0.4 is 16.8 Å². The molecule has 2 rings (SSSR count). The molecule has 0 radical (unpaired) electrons. The molecule has 1 heterocycles. The first kappa shape index (κ1) is 33.9. The number of nitrogen functional groups attached to an aromatic ring is 1. The van der Waals surface area contributed by atoms with E-state index in [0.29, 0.717) is 11.1 Å². The van der Waals surface area contributed by atoms with Crippen molar-refractivity contribution in [2.75, 3.05) is 25.3 Å². The number of esters is 1. The molecule has 5 atom stereocenters. The molecule has 1 aliphatic rings. The van der Waals surface area contributed by atoms with Gasteiger partial charge in [0.1, 0.15) is 23.7 Å². The van der Waals surface area contributed by atoms with E-state index in [1.54, 1.807) is 45.1 Å². The van der Waals surface area contributed by atoms with Crippen LogP contribution in [0, 0.1) is 5.92 Å². The molecule has 7 N–H and O–H groups in total. The average molecular weight is 588 g/mol. The van der Waals surface area contributed by atoms with Gasteiger partial charge in [-0.05, 0) is 38.8 Å². The Labute approximate surface area is 245 Å². The molecule has 2 amide bonds. The quantitative estimate of drug-likeness (QED) is 0.113. The number of allylic oxidation sites excluding steroid dienone is 2. The molecule has 0 aliphatic carbocycles. The number of nitrogens with one attached hydrogen (secondary N) is 1. The Morgan fingerprint density at radius 1 is 1.10 bits per heavy atom. The van der Waals surface area contributed by atoms with Crippen LogP contribution in [0.15, 0.2) is 47.1 Å². The summed E-state index contributed by atoms with van der Waals surface area (Å²) >= 11 is 0. The maximum atomic E-state index is 12.9. The number of fused-ring (bicyclic) bond motifs is 2. The largest absolute Gasteiger partial charge is 0.506 e. The highest BCUT2D eigenvalue weighted by molar-refractivity contribution is 6.05. The first-order valence-electron chi connectivity index (χ1n) is 13.2. The zero-order chi connectivity index (χ0) is 31.7. The van der Waals surface area contributed by atoms with E-state index in [2.05, 4.69) is 5.32 Å². The average Bonchev–Trinajstić information content (AvgIpc) is 2.91. The van der Waals surface area contributed by atoms with E-state index < -0.39 is 48.3 Å². The summed E-state index contributed by atoms with van der Waals surface area (Å²) in [6, 6.07) is 1.15. The normalized spacial score (nSPS) is 27.4. The van der Waals surface area contributed by atoms with Gasteiger partial charge in [0.25, 0.3) is 5.91 Å². The summed E-state index contributed by atoms with van der Waals surface area (Å²) in [6.45, 7) is 8.13. The zero-order valence-corrected chi connectivity index (χ0v) is 25.0. The molecule has 0 aromatic heterocycles. The smallest absolute Gasteiger partial charge is 0.405 e. The van der Waals surface area contributed by atoms with Crippen molar-refractivity contribution in [1.29, 1.82) is 0 Å². The number of anilines is 2. The predicted molar refractivity (Wildman–Crippen MR) is 159 cm³/mol. The Morgan fingerprint density at radius 3 is 2.33 bits per heavy atom. The monoisotopic (exact) mass is 587 g/mol. The Balaban J connectivity index is 2.78. The first-order chi connectivity index (χ1) is 19.7. The highest BCUT2D eigenvalue weighted by Gasteiger charge is 2.32. The summed E-state index contributed by atoms with van der Waals surface area (Å²) in [4.78, 5) is 36.8. The molecular weight excluding hydrogens is 546 g/mol. The number of carbonyl (C=O) groups is 3. The van der Waals surface area contributed by atoms with E-state index in [1.807, 2.05) is 6.92 Å². The zero-order valence-electron chi connectivity index (χ0n) is 25.0. The minimum atomic E-state index is -1.02. The molecular formula is C30H41N3O9. The van der Waals surface area contributed by atoms with Gasteiger partial charge >= 0.3 is 12.1 Å². The minimum Gasteiger partial charge on any atom is -0.506 e. The van der Waals surface area contributed by atoms with E-state index in [1.165, 1.54) is 27.2 Å².